The Morgan fingerprint density at radius 2 is 2.17 bits per heavy atom. The van der Waals surface area contributed by atoms with E-state index < -0.39 is 0 Å². The van der Waals surface area contributed by atoms with Crippen LogP contribution in [0.4, 0.5) is 5.13 Å². The summed E-state index contributed by atoms with van der Waals surface area (Å²) in [6, 6.07) is 0. The first-order valence-electron chi connectivity index (χ1n) is 5.35. The van der Waals surface area contributed by atoms with Gasteiger partial charge in [0, 0.05) is 6.20 Å². The minimum atomic E-state index is -0.191. The number of aromatic nitrogens is 3. The van der Waals surface area contributed by atoms with Crippen LogP contribution >= 0.6 is 11.3 Å². The van der Waals surface area contributed by atoms with Crippen molar-refractivity contribution in [3.8, 4) is 0 Å². The number of rotatable bonds is 3. The summed E-state index contributed by atoms with van der Waals surface area (Å²) in [5.41, 5.74) is 7.75. The fourth-order valence-electron chi connectivity index (χ4n) is 1.39. The average Bonchev–Trinajstić information content (AvgIpc) is 2.67. The maximum absolute atomic E-state index is 11.9. The molecule has 0 spiro atoms. The quantitative estimate of drug-likeness (QED) is 0.863. The van der Waals surface area contributed by atoms with Crippen LogP contribution in [0.1, 0.15) is 26.8 Å². The van der Waals surface area contributed by atoms with E-state index in [0.29, 0.717) is 27.9 Å². The molecule has 0 aromatic carbocycles. The van der Waals surface area contributed by atoms with Crippen LogP contribution in [-0.4, -0.2) is 20.9 Å². The lowest BCUT2D eigenvalue weighted by Gasteiger charge is -2.03. The summed E-state index contributed by atoms with van der Waals surface area (Å²) < 4.78 is 0. The van der Waals surface area contributed by atoms with Crippen molar-refractivity contribution in [3.63, 3.8) is 0 Å². The van der Waals surface area contributed by atoms with E-state index in [1.165, 1.54) is 11.3 Å². The van der Waals surface area contributed by atoms with Gasteiger partial charge in [0.15, 0.2) is 5.13 Å². The summed E-state index contributed by atoms with van der Waals surface area (Å²) in [6.07, 6.45) is 3.31. The van der Waals surface area contributed by atoms with Crippen LogP contribution in [0.25, 0.3) is 0 Å². The summed E-state index contributed by atoms with van der Waals surface area (Å²) in [4.78, 5) is 24.7. The van der Waals surface area contributed by atoms with E-state index in [9.17, 15) is 4.79 Å². The van der Waals surface area contributed by atoms with Gasteiger partial charge in [-0.1, -0.05) is 11.3 Å². The minimum Gasteiger partial charge on any atom is -0.375 e. The first-order valence-corrected chi connectivity index (χ1v) is 6.16. The van der Waals surface area contributed by atoms with Crippen molar-refractivity contribution in [2.45, 2.75) is 20.4 Å². The molecule has 0 saturated carbocycles. The van der Waals surface area contributed by atoms with Crippen LogP contribution in [0, 0.1) is 13.8 Å². The molecule has 2 heterocycles. The normalized spacial score (nSPS) is 10.3. The SMILES string of the molecule is Cc1cnc(CNC(=O)c2sc(N)nc2C)cn1. The van der Waals surface area contributed by atoms with Gasteiger partial charge in [-0.2, -0.15) is 0 Å². The largest absolute Gasteiger partial charge is 0.375 e. The van der Waals surface area contributed by atoms with Gasteiger partial charge in [0.25, 0.3) is 5.91 Å². The number of nitrogen functional groups attached to an aromatic ring is 1. The molecule has 2 aromatic rings. The summed E-state index contributed by atoms with van der Waals surface area (Å²) >= 11 is 1.18. The zero-order valence-electron chi connectivity index (χ0n) is 10.1. The predicted octanol–water partition coefficient (Wildman–Crippen LogP) is 1.06. The van der Waals surface area contributed by atoms with E-state index in [1.54, 1.807) is 19.3 Å². The molecule has 0 fully saturated rings. The second-order valence-electron chi connectivity index (χ2n) is 3.80. The zero-order chi connectivity index (χ0) is 13.1. The van der Waals surface area contributed by atoms with Crippen molar-refractivity contribution in [1.29, 1.82) is 0 Å². The Hall–Kier alpha value is -2.02. The summed E-state index contributed by atoms with van der Waals surface area (Å²) in [5.74, 6) is -0.191. The lowest BCUT2D eigenvalue weighted by atomic mass is 10.3. The van der Waals surface area contributed by atoms with E-state index >= 15 is 0 Å². The van der Waals surface area contributed by atoms with Gasteiger partial charge in [0.1, 0.15) is 4.88 Å². The van der Waals surface area contributed by atoms with E-state index in [0.717, 1.165) is 5.69 Å². The number of aryl methyl sites for hydroxylation is 2. The number of carbonyl (C=O) groups excluding carboxylic acids is 1. The molecule has 2 rings (SSSR count). The molecule has 0 aliphatic heterocycles. The number of nitrogens with one attached hydrogen (secondary N) is 1. The van der Waals surface area contributed by atoms with Crippen LogP contribution in [0.15, 0.2) is 12.4 Å². The van der Waals surface area contributed by atoms with Crippen LogP contribution in [0.3, 0.4) is 0 Å². The molecule has 0 atom stereocenters. The van der Waals surface area contributed by atoms with Crippen molar-refractivity contribution < 1.29 is 4.79 Å². The molecule has 2 aromatic heterocycles. The molecule has 7 heteroatoms. The number of hydrogen-bond donors (Lipinski definition) is 2. The van der Waals surface area contributed by atoms with E-state index in [2.05, 4.69) is 20.3 Å². The lowest BCUT2D eigenvalue weighted by Crippen LogP contribution is -2.23. The first-order chi connectivity index (χ1) is 8.56. The monoisotopic (exact) mass is 263 g/mol. The van der Waals surface area contributed by atoms with Crippen LogP contribution in [0.5, 0.6) is 0 Å². The molecule has 0 bridgehead atoms. The van der Waals surface area contributed by atoms with Crippen LogP contribution < -0.4 is 11.1 Å². The smallest absolute Gasteiger partial charge is 0.263 e. The summed E-state index contributed by atoms with van der Waals surface area (Å²) in [5, 5.41) is 3.16. The summed E-state index contributed by atoms with van der Waals surface area (Å²) in [6.45, 7) is 3.95. The van der Waals surface area contributed by atoms with Gasteiger partial charge in [-0.15, -0.1) is 0 Å². The Bertz CT molecular complexity index is 563. The molecule has 0 unspecified atom stereocenters. The average molecular weight is 263 g/mol. The minimum absolute atomic E-state index is 0.191. The van der Waals surface area contributed by atoms with Crippen molar-refractivity contribution in [2.75, 3.05) is 5.73 Å². The fraction of sp³-hybridized carbons (Fsp3) is 0.273. The van der Waals surface area contributed by atoms with Gasteiger partial charge >= 0.3 is 0 Å². The van der Waals surface area contributed by atoms with Gasteiger partial charge in [-0.3, -0.25) is 14.8 Å². The Morgan fingerprint density at radius 1 is 1.39 bits per heavy atom. The summed E-state index contributed by atoms with van der Waals surface area (Å²) in [7, 11) is 0. The molecule has 18 heavy (non-hydrogen) atoms. The molecular weight excluding hydrogens is 250 g/mol. The third-order valence-corrected chi connectivity index (χ3v) is 3.27. The number of carbonyl (C=O) groups is 1. The second kappa shape index (κ2) is 5.09. The second-order valence-corrected chi connectivity index (χ2v) is 4.83. The van der Waals surface area contributed by atoms with Gasteiger partial charge in [0.2, 0.25) is 0 Å². The van der Waals surface area contributed by atoms with Gasteiger partial charge in [0.05, 0.1) is 29.8 Å². The van der Waals surface area contributed by atoms with E-state index in [4.69, 9.17) is 5.73 Å². The molecule has 6 nitrogen and oxygen atoms in total. The van der Waals surface area contributed by atoms with Gasteiger partial charge in [-0.05, 0) is 13.8 Å². The molecule has 0 aliphatic rings. The Morgan fingerprint density at radius 3 is 2.72 bits per heavy atom. The van der Waals surface area contributed by atoms with Crippen molar-refractivity contribution >= 4 is 22.4 Å². The Kier molecular flexibility index (Phi) is 3.52. The highest BCUT2D eigenvalue weighted by molar-refractivity contribution is 7.17. The van der Waals surface area contributed by atoms with Gasteiger partial charge in [-0.25, -0.2) is 4.98 Å². The van der Waals surface area contributed by atoms with Crippen LogP contribution in [-0.2, 0) is 6.54 Å². The molecule has 0 radical (unpaired) electrons. The molecule has 3 N–H and O–H groups in total. The Balaban J connectivity index is 2.00. The van der Waals surface area contributed by atoms with Crippen molar-refractivity contribution in [1.82, 2.24) is 20.3 Å². The maximum atomic E-state index is 11.9. The van der Waals surface area contributed by atoms with Crippen molar-refractivity contribution in [2.24, 2.45) is 0 Å². The molecule has 0 saturated heterocycles. The standard InChI is InChI=1S/C11H13N5OS/c1-6-3-14-8(4-13-6)5-15-10(17)9-7(2)16-11(12)18-9/h3-4H,5H2,1-2H3,(H2,12,16)(H,15,17). The highest BCUT2D eigenvalue weighted by Crippen LogP contribution is 2.19. The number of amides is 1. The van der Waals surface area contributed by atoms with Crippen LogP contribution in [0.2, 0.25) is 0 Å². The zero-order valence-corrected chi connectivity index (χ0v) is 10.9. The van der Waals surface area contributed by atoms with E-state index in [-0.39, 0.29) is 5.91 Å². The lowest BCUT2D eigenvalue weighted by molar-refractivity contribution is 0.0953. The number of hydrogen-bond acceptors (Lipinski definition) is 6. The fourth-order valence-corrected chi connectivity index (χ4v) is 2.14. The molecule has 0 aliphatic carbocycles. The van der Waals surface area contributed by atoms with Crippen molar-refractivity contribution in [3.05, 3.63) is 34.4 Å². The predicted molar refractivity (Wildman–Crippen MR) is 69.2 cm³/mol. The number of nitrogens with two attached hydrogens (primary N) is 1. The number of anilines is 1. The maximum Gasteiger partial charge on any atom is 0.263 e. The third kappa shape index (κ3) is 2.80. The highest BCUT2D eigenvalue weighted by Gasteiger charge is 2.13. The molecule has 1 amide bonds. The number of nitrogens with zero attached hydrogens (tertiary/aromatic N) is 3. The van der Waals surface area contributed by atoms with E-state index in [1.807, 2.05) is 6.92 Å². The molecular formula is C11H13N5OS. The molecule has 94 valence electrons. The number of thiazole rings is 1. The third-order valence-electron chi connectivity index (χ3n) is 2.28. The highest BCUT2D eigenvalue weighted by atomic mass is 32.1. The Labute approximate surface area is 108 Å². The first kappa shape index (κ1) is 12.4. The van der Waals surface area contributed by atoms with Gasteiger partial charge < -0.3 is 11.1 Å². The topological polar surface area (TPSA) is 93.8 Å².